The molecule has 2 aromatic rings. The lowest BCUT2D eigenvalue weighted by Gasteiger charge is -2.17. The highest BCUT2D eigenvalue weighted by Gasteiger charge is 2.44. The van der Waals surface area contributed by atoms with E-state index in [1.807, 2.05) is 0 Å². The number of nitrogens with two attached hydrogens (primary N) is 1. The lowest BCUT2D eigenvalue weighted by Crippen LogP contribution is -2.33. The fraction of sp³-hybridized carbons (Fsp3) is 0.611. The van der Waals surface area contributed by atoms with Gasteiger partial charge in [-0.05, 0) is 12.3 Å². The summed E-state index contributed by atoms with van der Waals surface area (Å²) in [6, 6.07) is 0. The second kappa shape index (κ2) is 8.91. The summed E-state index contributed by atoms with van der Waals surface area (Å²) in [4.78, 5) is 13.5. The molecule has 29 heavy (non-hydrogen) atoms. The fourth-order valence-corrected chi connectivity index (χ4v) is 3.34. The first kappa shape index (κ1) is 21.2. The molecule has 1 aliphatic rings. The molecule has 2 unspecified atom stereocenters. The second-order valence-electron chi connectivity index (χ2n) is 7.37. The van der Waals surface area contributed by atoms with Gasteiger partial charge in [0.25, 0.3) is 0 Å². The molecular formula is C18H28N6O5. The average molecular weight is 408 g/mol. The summed E-state index contributed by atoms with van der Waals surface area (Å²) in [5, 5.41) is 37.6. The number of rotatable bonds is 8. The Morgan fingerprint density at radius 1 is 1.38 bits per heavy atom. The lowest BCUT2D eigenvalue weighted by molar-refractivity contribution is -0.0508. The summed E-state index contributed by atoms with van der Waals surface area (Å²) < 4.78 is 7.21. The van der Waals surface area contributed by atoms with Crippen molar-refractivity contribution in [3.63, 3.8) is 0 Å². The van der Waals surface area contributed by atoms with Crippen LogP contribution < -0.4 is 11.1 Å². The minimum Gasteiger partial charge on any atom is -0.397 e. The molecule has 0 amide bonds. The molecule has 1 saturated heterocycles. The van der Waals surface area contributed by atoms with E-state index in [0.717, 1.165) is 6.42 Å². The standard InChI is InChI=1S/C18H28N6O5/c1-9(2)4-5-20-16-12-10(15(19)23-28-3)6-24(17(12)22-8-21-16)18-14(27)13(26)11(7-25)29-18/h6,8-9,11,13-14,18,25-27H,4-5,7H2,1-3H3,(H2,19,23)(H,20,21,22)/t11?,13?,14-,18-/m1/s1. The van der Waals surface area contributed by atoms with Crippen LogP contribution in [0.4, 0.5) is 5.82 Å². The van der Waals surface area contributed by atoms with Crippen LogP contribution >= 0.6 is 0 Å². The van der Waals surface area contributed by atoms with Crippen LogP contribution in [0.3, 0.4) is 0 Å². The SMILES string of the molecule is CO/N=C(\N)c1cn([C@@H]2OC(CO)C(O)[C@H]2O)c2ncnc(NCCC(C)C)c12. The van der Waals surface area contributed by atoms with Crippen molar-refractivity contribution in [1.29, 1.82) is 0 Å². The van der Waals surface area contributed by atoms with Crippen LogP contribution in [0.5, 0.6) is 0 Å². The maximum absolute atomic E-state index is 10.4. The van der Waals surface area contributed by atoms with E-state index in [2.05, 4.69) is 34.3 Å². The highest BCUT2D eigenvalue weighted by atomic mass is 16.6. The molecule has 0 radical (unpaired) electrons. The number of anilines is 1. The Labute approximate surface area is 168 Å². The number of fused-ring (bicyclic) bond motifs is 1. The van der Waals surface area contributed by atoms with Gasteiger partial charge in [-0.1, -0.05) is 19.0 Å². The number of amidine groups is 1. The van der Waals surface area contributed by atoms with Gasteiger partial charge in [-0.3, -0.25) is 0 Å². The molecule has 1 aliphatic heterocycles. The molecule has 0 saturated carbocycles. The van der Waals surface area contributed by atoms with Gasteiger partial charge in [0.05, 0.1) is 17.6 Å². The third kappa shape index (κ3) is 4.13. The third-order valence-electron chi connectivity index (χ3n) is 4.88. The van der Waals surface area contributed by atoms with E-state index in [0.29, 0.717) is 34.9 Å². The van der Waals surface area contributed by atoms with Crippen LogP contribution in [0.15, 0.2) is 17.7 Å². The molecule has 2 aromatic heterocycles. The molecule has 11 nitrogen and oxygen atoms in total. The van der Waals surface area contributed by atoms with Crippen LogP contribution in [0, 0.1) is 5.92 Å². The molecule has 3 rings (SSSR count). The van der Waals surface area contributed by atoms with Crippen molar-refractivity contribution in [2.45, 2.75) is 44.8 Å². The topological polar surface area (TPSA) is 160 Å². The molecule has 11 heteroatoms. The zero-order chi connectivity index (χ0) is 21.1. The van der Waals surface area contributed by atoms with Crippen molar-refractivity contribution in [1.82, 2.24) is 14.5 Å². The van der Waals surface area contributed by atoms with E-state index < -0.39 is 31.1 Å². The first-order chi connectivity index (χ1) is 13.9. The number of aliphatic hydroxyl groups excluding tert-OH is 3. The Bertz CT molecular complexity index is 870. The quantitative estimate of drug-likeness (QED) is 0.226. The van der Waals surface area contributed by atoms with Crippen molar-refractivity contribution < 1.29 is 24.9 Å². The Kier molecular flexibility index (Phi) is 6.52. The molecule has 1 fully saturated rings. The number of hydrogen-bond donors (Lipinski definition) is 5. The zero-order valence-corrected chi connectivity index (χ0v) is 16.7. The van der Waals surface area contributed by atoms with E-state index >= 15 is 0 Å². The van der Waals surface area contributed by atoms with Gasteiger partial charge in [-0.25, -0.2) is 9.97 Å². The van der Waals surface area contributed by atoms with Crippen molar-refractivity contribution in [3.8, 4) is 0 Å². The van der Waals surface area contributed by atoms with Gasteiger partial charge < -0.3 is 40.5 Å². The van der Waals surface area contributed by atoms with Crippen molar-refractivity contribution in [3.05, 3.63) is 18.1 Å². The minimum absolute atomic E-state index is 0.102. The van der Waals surface area contributed by atoms with Crippen LogP contribution in [0.25, 0.3) is 11.0 Å². The number of nitrogens with zero attached hydrogens (tertiary/aromatic N) is 4. The largest absolute Gasteiger partial charge is 0.397 e. The molecule has 0 aromatic carbocycles. The van der Waals surface area contributed by atoms with Gasteiger partial charge in [0.2, 0.25) is 0 Å². The van der Waals surface area contributed by atoms with Crippen molar-refractivity contribution >= 4 is 22.7 Å². The van der Waals surface area contributed by atoms with Gasteiger partial charge in [0.1, 0.15) is 43.2 Å². The number of ether oxygens (including phenoxy) is 1. The molecule has 0 aliphatic carbocycles. The Morgan fingerprint density at radius 2 is 2.14 bits per heavy atom. The van der Waals surface area contributed by atoms with E-state index in [1.165, 1.54) is 13.4 Å². The first-order valence-electron chi connectivity index (χ1n) is 9.47. The van der Waals surface area contributed by atoms with Gasteiger partial charge in [0.15, 0.2) is 12.1 Å². The third-order valence-corrected chi connectivity index (χ3v) is 4.88. The first-order valence-corrected chi connectivity index (χ1v) is 9.47. The van der Waals surface area contributed by atoms with E-state index in [4.69, 9.17) is 15.3 Å². The normalized spacial score (nSPS) is 25.1. The van der Waals surface area contributed by atoms with Crippen LogP contribution in [-0.4, -0.2) is 74.3 Å². The average Bonchev–Trinajstić information content (AvgIpc) is 3.21. The van der Waals surface area contributed by atoms with Gasteiger partial charge in [-0.15, -0.1) is 0 Å². The predicted octanol–water partition coefficient (Wildman–Crippen LogP) is -0.232. The van der Waals surface area contributed by atoms with Gasteiger partial charge in [-0.2, -0.15) is 0 Å². The lowest BCUT2D eigenvalue weighted by atomic mass is 10.1. The summed E-state index contributed by atoms with van der Waals surface area (Å²) in [6.45, 7) is 4.53. The molecule has 0 bridgehead atoms. The maximum Gasteiger partial charge on any atom is 0.172 e. The predicted molar refractivity (Wildman–Crippen MR) is 106 cm³/mol. The second-order valence-corrected chi connectivity index (χ2v) is 7.37. The van der Waals surface area contributed by atoms with Gasteiger partial charge >= 0.3 is 0 Å². The number of aromatic nitrogens is 3. The van der Waals surface area contributed by atoms with Crippen LogP contribution in [0.1, 0.15) is 32.1 Å². The summed E-state index contributed by atoms with van der Waals surface area (Å²) in [5.41, 5.74) is 7.01. The van der Waals surface area contributed by atoms with Crippen LogP contribution in [-0.2, 0) is 9.57 Å². The molecule has 6 N–H and O–H groups in total. The van der Waals surface area contributed by atoms with Crippen LogP contribution in [0.2, 0.25) is 0 Å². The monoisotopic (exact) mass is 408 g/mol. The van der Waals surface area contributed by atoms with Gasteiger partial charge in [0, 0.05) is 12.7 Å². The van der Waals surface area contributed by atoms with E-state index in [1.54, 1.807) is 10.8 Å². The smallest absolute Gasteiger partial charge is 0.172 e. The molecule has 4 atom stereocenters. The molecule has 0 spiro atoms. The Balaban J connectivity index is 2.09. The molecule has 3 heterocycles. The number of hydrogen-bond acceptors (Lipinski definition) is 9. The number of oxime groups is 1. The van der Waals surface area contributed by atoms with E-state index in [-0.39, 0.29) is 5.84 Å². The highest BCUT2D eigenvalue weighted by molar-refractivity contribution is 6.11. The molecule has 160 valence electrons. The molecular weight excluding hydrogens is 380 g/mol. The number of aliphatic hydroxyl groups is 3. The summed E-state index contributed by atoms with van der Waals surface area (Å²) >= 11 is 0. The highest BCUT2D eigenvalue weighted by Crippen LogP contribution is 2.35. The zero-order valence-electron chi connectivity index (χ0n) is 16.7. The maximum atomic E-state index is 10.4. The van der Waals surface area contributed by atoms with E-state index in [9.17, 15) is 15.3 Å². The summed E-state index contributed by atoms with van der Waals surface area (Å²) in [6.07, 6.45) is -0.419. The van der Waals surface area contributed by atoms with Crippen molar-refractivity contribution in [2.75, 3.05) is 25.6 Å². The fourth-order valence-electron chi connectivity index (χ4n) is 3.34. The Hall–Kier alpha value is -2.47. The minimum atomic E-state index is -1.26. The summed E-state index contributed by atoms with van der Waals surface area (Å²) in [5.74, 6) is 1.18. The summed E-state index contributed by atoms with van der Waals surface area (Å²) in [7, 11) is 1.39. The van der Waals surface area contributed by atoms with Crippen molar-refractivity contribution in [2.24, 2.45) is 16.8 Å². The number of nitrogens with one attached hydrogen (secondary N) is 1. The Morgan fingerprint density at radius 3 is 2.76 bits per heavy atom.